The molecule has 1 aromatic carbocycles. The van der Waals surface area contributed by atoms with Crippen molar-refractivity contribution in [2.75, 3.05) is 0 Å². The van der Waals surface area contributed by atoms with Gasteiger partial charge in [-0.15, -0.1) is 0 Å². The summed E-state index contributed by atoms with van der Waals surface area (Å²) in [6.45, 7) is 1.80. The first-order valence-electron chi connectivity index (χ1n) is 5.42. The minimum atomic E-state index is -0.903. The van der Waals surface area contributed by atoms with E-state index in [9.17, 15) is 14.9 Å². The van der Waals surface area contributed by atoms with Gasteiger partial charge in [-0.1, -0.05) is 12.1 Å². The lowest BCUT2D eigenvalue weighted by Gasteiger charge is -2.15. The third kappa shape index (κ3) is 2.00. The van der Waals surface area contributed by atoms with E-state index in [1.165, 1.54) is 6.07 Å². The standard InChI is InChI=1S/C12H13NO4/c1-8-3-2-4-9(13(16)17)11(8)12(5-6-12)7-10(14)15/h2-4H,5-7H2,1H3,(H,14,15). The molecule has 1 aliphatic carbocycles. The Morgan fingerprint density at radius 3 is 2.65 bits per heavy atom. The van der Waals surface area contributed by atoms with Crippen LogP contribution in [0.15, 0.2) is 18.2 Å². The van der Waals surface area contributed by atoms with Crippen LogP contribution >= 0.6 is 0 Å². The predicted molar refractivity (Wildman–Crippen MR) is 61.0 cm³/mol. The van der Waals surface area contributed by atoms with Gasteiger partial charge in [-0.25, -0.2) is 0 Å². The molecular weight excluding hydrogens is 222 g/mol. The molecule has 0 spiro atoms. The maximum atomic E-state index is 11.0. The van der Waals surface area contributed by atoms with E-state index < -0.39 is 16.3 Å². The molecule has 0 atom stereocenters. The number of carboxylic acids is 1. The number of benzene rings is 1. The molecule has 5 heteroatoms. The molecule has 1 fully saturated rings. The second-order valence-electron chi connectivity index (χ2n) is 4.58. The number of hydrogen-bond donors (Lipinski definition) is 1. The maximum Gasteiger partial charge on any atom is 0.304 e. The molecular formula is C12H13NO4. The van der Waals surface area contributed by atoms with E-state index in [0.717, 1.165) is 5.56 Å². The molecule has 2 rings (SSSR count). The van der Waals surface area contributed by atoms with Gasteiger partial charge in [-0.05, 0) is 25.3 Å². The van der Waals surface area contributed by atoms with Crippen molar-refractivity contribution in [1.82, 2.24) is 0 Å². The summed E-state index contributed by atoms with van der Waals surface area (Å²) in [5.74, 6) is -0.903. The number of nitro benzene ring substituents is 1. The normalized spacial score (nSPS) is 16.5. The fourth-order valence-electron chi connectivity index (χ4n) is 2.45. The molecule has 0 aliphatic heterocycles. The highest BCUT2D eigenvalue weighted by Crippen LogP contribution is 2.54. The molecule has 1 N–H and O–H groups in total. The Labute approximate surface area is 98.2 Å². The number of nitrogens with zero attached hydrogens (tertiary/aromatic N) is 1. The highest BCUT2D eigenvalue weighted by atomic mass is 16.6. The molecule has 0 unspecified atom stereocenters. The third-order valence-corrected chi connectivity index (χ3v) is 3.32. The average Bonchev–Trinajstić information content (AvgIpc) is 2.96. The monoisotopic (exact) mass is 235 g/mol. The van der Waals surface area contributed by atoms with Crippen molar-refractivity contribution >= 4 is 11.7 Å². The van der Waals surface area contributed by atoms with Crippen molar-refractivity contribution in [2.45, 2.75) is 31.6 Å². The van der Waals surface area contributed by atoms with Gasteiger partial charge in [0.25, 0.3) is 5.69 Å². The van der Waals surface area contributed by atoms with Crippen LogP contribution in [0, 0.1) is 17.0 Å². The molecule has 0 bridgehead atoms. The predicted octanol–water partition coefficient (Wildman–Crippen LogP) is 2.41. The van der Waals surface area contributed by atoms with E-state index in [2.05, 4.69) is 0 Å². The summed E-state index contributed by atoms with van der Waals surface area (Å²) >= 11 is 0. The number of hydrogen-bond acceptors (Lipinski definition) is 3. The first-order valence-corrected chi connectivity index (χ1v) is 5.42. The topological polar surface area (TPSA) is 80.4 Å². The SMILES string of the molecule is Cc1cccc([N+](=O)[O-])c1C1(CC(=O)O)CC1. The Morgan fingerprint density at radius 2 is 2.18 bits per heavy atom. The van der Waals surface area contributed by atoms with Gasteiger partial charge < -0.3 is 5.11 Å². The summed E-state index contributed by atoms with van der Waals surface area (Å²) in [5, 5.41) is 19.9. The molecule has 1 saturated carbocycles. The quantitative estimate of drug-likeness (QED) is 0.641. The second kappa shape index (κ2) is 3.84. The molecule has 1 aromatic rings. The van der Waals surface area contributed by atoms with Crippen molar-refractivity contribution in [1.29, 1.82) is 0 Å². The van der Waals surface area contributed by atoms with Crippen LogP contribution in [0.3, 0.4) is 0 Å². The molecule has 90 valence electrons. The lowest BCUT2D eigenvalue weighted by atomic mass is 9.87. The number of aryl methyl sites for hydroxylation is 1. The highest BCUT2D eigenvalue weighted by molar-refractivity contribution is 5.71. The van der Waals surface area contributed by atoms with Gasteiger partial charge in [-0.2, -0.15) is 0 Å². The molecule has 0 aromatic heterocycles. The molecule has 0 radical (unpaired) electrons. The molecule has 1 aliphatic rings. The van der Waals surface area contributed by atoms with Crippen LogP contribution in [0.5, 0.6) is 0 Å². The van der Waals surface area contributed by atoms with E-state index in [1.54, 1.807) is 19.1 Å². The van der Waals surface area contributed by atoms with E-state index in [-0.39, 0.29) is 12.1 Å². The van der Waals surface area contributed by atoms with E-state index >= 15 is 0 Å². The van der Waals surface area contributed by atoms with Crippen molar-refractivity contribution in [2.24, 2.45) is 0 Å². The fraction of sp³-hybridized carbons (Fsp3) is 0.417. The molecule has 0 saturated heterocycles. The van der Waals surface area contributed by atoms with Crippen LogP contribution in [0.1, 0.15) is 30.4 Å². The Kier molecular flexibility index (Phi) is 2.61. The Hall–Kier alpha value is -1.91. The molecule has 0 heterocycles. The summed E-state index contributed by atoms with van der Waals surface area (Å²) in [7, 11) is 0. The Balaban J connectivity index is 2.51. The van der Waals surface area contributed by atoms with Crippen molar-refractivity contribution in [3.05, 3.63) is 39.4 Å². The summed E-state index contributed by atoms with van der Waals surface area (Å²) < 4.78 is 0. The van der Waals surface area contributed by atoms with Gasteiger partial charge in [0.05, 0.1) is 11.3 Å². The summed E-state index contributed by atoms with van der Waals surface area (Å²) in [6, 6.07) is 4.88. The molecule has 5 nitrogen and oxygen atoms in total. The lowest BCUT2D eigenvalue weighted by Crippen LogP contribution is -2.16. The fourth-order valence-corrected chi connectivity index (χ4v) is 2.45. The van der Waals surface area contributed by atoms with Crippen LogP contribution in [0.25, 0.3) is 0 Å². The Bertz CT molecular complexity index is 491. The van der Waals surface area contributed by atoms with Gasteiger partial charge >= 0.3 is 5.97 Å². The largest absolute Gasteiger partial charge is 0.481 e. The van der Waals surface area contributed by atoms with Gasteiger partial charge in [0, 0.05) is 17.0 Å². The minimum Gasteiger partial charge on any atom is -0.481 e. The van der Waals surface area contributed by atoms with Crippen molar-refractivity contribution in [3.63, 3.8) is 0 Å². The summed E-state index contributed by atoms with van der Waals surface area (Å²) in [5.41, 5.74) is 0.939. The zero-order valence-electron chi connectivity index (χ0n) is 9.47. The van der Waals surface area contributed by atoms with E-state index in [1.807, 2.05) is 0 Å². The third-order valence-electron chi connectivity index (χ3n) is 3.32. The summed E-state index contributed by atoms with van der Waals surface area (Å²) in [4.78, 5) is 21.4. The molecule has 17 heavy (non-hydrogen) atoms. The van der Waals surface area contributed by atoms with Crippen LogP contribution in [0.2, 0.25) is 0 Å². The zero-order valence-corrected chi connectivity index (χ0v) is 9.47. The van der Waals surface area contributed by atoms with Crippen LogP contribution in [-0.4, -0.2) is 16.0 Å². The zero-order chi connectivity index (χ0) is 12.6. The van der Waals surface area contributed by atoms with Gasteiger partial charge in [-0.3, -0.25) is 14.9 Å². The number of aliphatic carboxylic acids is 1. The first kappa shape index (κ1) is 11.6. The minimum absolute atomic E-state index is 0.0291. The van der Waals surface area contributed by atoms with Crippen LogP contribution in [0.4, 0.5) is 5.69 Å². The molecule has 0 amide bonds. The number of rotatable bonds is 4. The van der Waals surface area contributed by atoms with Crippen LogP contribution < -0.4 is 0 Å². The van der Waals surface area contributed by atoms with Crippen LogP contribution in [-0.2, 0) is 10.2 Å². The van der Waals surface area contributed by atoms with Crippen molar-refractivity contribution in [3.8, 4) is 0 Å². The lowest BCUT2D eigenvalue weighted by molar-refractivity contribution is -0.385. The number of carboxylic acid groups (broad SMARTS) is 1. The van der Waals surface area contributed by atoms with E-state index in [4.69, 9.17) is 5.11 Å². The van der Waals surface area contributed by atoms with E-state index in [0.29, 0.717) is 18.4 Å². The number of nitro groups is 1. The smallest absolute Gasteiger partial charge is 0.304 e. The highest BCUT2D eigenvalue weighted by Gasteiger charge is 2.50. The average molecular weight is 235 g/mol. The maximum absolute atomic E-state index is 11.0. The van der Waals surface area contributed by atoms with Gasteiger partial charge in [0.15, 0.2) is 0 Å². The number of carbonyl (C=O) groups is 1. The van der Waals surface area contributed by atoms with Crippen molar-refractivity contribution < 1.29 is 14.8 Å². The first-order chi connectivity index (χ1) is 7.96. The summed E-state index contributed by atoms with van der Waals surface area (Å²) in [6.07, 6.45) is 1.40. The second-order valence-corrected chi connectivity index (χ2v) is 4.58. The Morgan fingerprint density at radius 1 is 1.53 bits per heavy atom. The van der Waals surface area contributed by atoms with Gasteiger partial charge in [0.1, 0.15) is 0 Å². The van der Waals surface area contributed by atoms with Gasteiger partial charge in [0.2, 0.25) is 0 Å².